The number of aromatic nitrogens is 4. The molecule has 27 heavy (non-hydrogen) atoms. The van der Waals surface area contributed by atoms with E-state index in [2.05, 4.69) is 20.4 Å². The molecule has 1 aromatic carbocycles. The summed E-state index contributed by atoms with van der Waals surface area (Å²) in [5.41, 5.74) is 2.84. The van der Waals surface area contributed by atoms with Gasteiger partial charge in [-0.05, 0) is 54.4 Å². The fourth-order valence-electron chi connectivity index (χ4n) is 2.68. The molecule has 4 rings (SSSR count). The SMILES string of the molecule is Cc1cccc(-n2nc(C(=O)NCc3ccncc3)nc2-c2ccco2)c1. The number of hydrogen-bond donors (Lipinski definition) is 1. The van der Waals surface area contributed by atoms with E-state index in [1.54, 1.807) is 35.5 Å². The minimum Gasteiger partial charge on any atom is -0.461 e. The third kappa shape index (κ3) is 3.62. The summed E-state index contributed by atoms with van der Waals surface area (Å²) in [6, 6.07) is 15.0. The number of nitrogens with zero attached hydrogens (tertiary/aromatic N) is 4. The first kappa shape index (κ1) is 16.7. The first-order chi connectivity index (χ1) is 13.2. The van der Waals surface area contributed by atoms with E-state index in [0.29, 0.717) is 18.1 Å². The van der Waals surface area contributed by atoms with E-state index in [4.69, 9.17) is 4.42 Å². The summed E-state index contributed by atoms with van der Waals surface area (Å²) in [4.78, 5) is 20.9. The van der Waals surface area contributed by atoms with Crippen LogP contribution < -0.4 is 5.32 Å². The van der Waals surface area contributed by atoms with Crippen LogP contribution in [0.1, 0.15) is 21.7 Å². The molecule has 0 spiro atoms. The number of aryl methyl sites for hydroxylation is 1. The average Bonchev–Trinajstić information content (AvgIpc) is 3.36. The second-order valence-corrected chi connectivity index (χ2v) is 6.03. The Balaban J connectivity index is 1.66. The quantitative estimate of drug-likeness (QED) is 0.591. The van der Waals surface area contributed by atoms with Gasteiger partial charge in [0.2, 0.25) is 5.82 Å². The number of nitrogens with one attached hydrogen (secondary N) is 1. The molecular weight excluding hydrogens is 342 g/mol. The summed E-state index contributed by atoms with van der Waals surface area (Å²) in [6.45, 7) is 2.37. The van der Waals surface area contributed by atoms with Crippen LogP contribution in [-0.2, 0) is 6.54 Å². The van der Waals surface area contributed by atoms with Gasteiger partial charge in [-0.3, -0.25) is 9.78 Å². The summed E-state index contributed by atoms with van der Waals surface area (Å²) in [6.07, 6.45) is 4.93. The summed E-state index contributed by atoms with van der Waals surface area (Å²) < 4.78 is 7.09. The summed E-state index contributed by atoms with van der Waals surface area (Å²) in [5.74, 6) is 0.736. The number of pyridine rings is 1. The molecule has 0 bridgehead atoms. The molecule has 0 radical (unpaired) electrons. The number of furan rings is 1. The van der Waals surface area contributed by atoms with Crippen molar-refractivity contribution in [3.8, 4) is 17.3 Å². The predicted octanol–water partition coefficient (Wildman–Crippen LogP) is 3.16. The van der Waals surface area contributed by atoms with Gasteiger partial charge in [0.1, 0.15) is 0 Å². The second kappa shape index (κ2) is 7.25. The van der Waals surface area contributed by atoms with Crippen molar-refractivity contribution in [3.05, 3.63) is 84.1 Å². The molecule has 7 nitrogen and oxygen atoms in total. The Hall–Kier alpha value is -3.74. The Morgan fingerprint density at radius 3 is 2.74 bits per heavy atom. The molecule has 0 atom stereocenters. The third-order valence-electron chi connectivity index (χ3n) is 4.00. The molecule has 0 aliphatic carbocycles. The van der Waals surface area contributed by atoms with Gasteiger partial charge in [0.15, 0.2) is 11.6 Å². The van der Waals surface area contributed by atoms with Crippen molar-refractivity contribution in [2.75, 3.05) is 0 Å². The average molecular weight is 359 g/mol. The van der Waals surface area contributed by atoms with Crippen LogP contribution in [0.3, 0.4) is 0 Å². The normalized spacial score (nSPS) is 10.7. The van der Waals surface area contributed by atoms with E-state index >= 15 is 0 Å². The van der Waals surface area contributed by atoms with E-state index in [1.165, 1.54) is 0 Å². The first-order valence-electron chi connectivity index (χ1n) is 8.46. The van der Waals surface area contributed by atoms with Gasteiger partial charge < -0.3 is 9.73 Å². The van der Waals surface area contributed by atoms with E-state index in [1.807, 2.05) is 43.3 Å². The standard InChI is InChI=1S/C20H17N5O2/c1-14-4-2-5-16(12-14)25-19(17-6-3-11-27-17)23-18(24-25)20(26)22-13-15-7-9-21-10-8-15/h2-12H,13H2,1H3,(H,22,26). The number of rotatable bonds is 5. The maximum atomic E-state index is 12.6. The molecule has 3 aromatic heterocycles. The van der Waals surface area contributed by atoms with Crippen molar-refractivity contribution in [2.24, 2.45) is 0 Å². The number of carbonyl (C=O) groups is 1. The van der Waals surface area contributed by atoms with Gasteiger partial charge in [-0.15, -0.1) is 5.10 Å². The van der Waals surface area contributed by atoms with Crippen LogP contribution in [0.2, 0.25) is 0 Å². The molecule has 0 aliphatic heterocycles. The Labute approximate surface area is 155 Å². The minimum absolute atomic E-state index is 0.0805. The molecule has 0 fully saturated rings. The van der Waals surface area contributed by atoms with Gasteiger partial charge in [0.05, 0.1) is 12.0 Å². The number of amides is 1. The summed E-state index contributed by atoms with van der Waals surface area (Å²) in [7, 11) is 0. The summed E-state index contributed by atoms with van der Waals surface area (Å²) >= 11 is 0. The highest BCUT2D eigenvalue weighted by molar-refractivity contribution is 5.90. The van der Waals surface area contributed by atoms with Crippen LogP contribution in [0, 0.1) is 6.92 Å². The van der Waals surface area contributed by atoms with Gasteiger partial charge in [0, 0.05) is 18.9 Å². The number of benzene rings is 1. The smallest absolute Gasteiger partial charge is 0.291 e. The highest BCUT2D eigenvalue weighted by Crippen LogP contribution is 2.22. The van der Waals surface area contributed by atoms with E-state index < -0.39 is 0 Å². The van der Waals surface area contributed by atoms with Crippen molar-refractivity contribution in [1.29, 1.82) is 0 Å². The summed E-state index contributed by atoms with van der Waals surface area (Å²) in [5, 5.41) is 7.24. The van der Waals surface area contributed by atoms with Crippen LogP contribution in [0.25, 0.3) is 17.3 Å². The van der Waals surface area contributed by atoms with Gasteiger partial charge >= 0.3 is 0 Å². The van der Waals surface area contributed by atoms with E-state index in [9.17, 15) is 4.79 Å². The van der Waals surface area contributed by atoms with Gasteiger partial charge in [-0.25, -0.2) is 4.68 Å². The molecule has 3 heterocycles. The van der Waals surface area contributed by atoms with E-state index in [-0.39, 0.29) is 11.7 Å². The van der Waals surface area contributed by atoms with Gasteiger partial charge in [0.25, 0.3) is 5.91 Å². The zero-order valence-electron chi connectivity index (χ0n) is 14.7. The Kier molecular flexibility index (Phi) is 4.49. The van der Waals surface area contributed by atoms with Crippen LogP contribution in [0.15, 0.2) is 71.6 Å². The highest BCUT2D eigenvalue weighted by Gasteiger charge is 2.20. The molecule has 0 aliphatic rings. The fourth-order valence-corrected chi connectivity index (χ4v) is 2.68. The van der Waals surface area contributed by atoms with Crippen molar-refractivity contribution >= 4 is 5.91 Å². The first-order valence-corrected chi connectivity index (χ1v) is 8.46. The molecule has 134 valence electrons. The van der Waals surface area contributed by atoms with Crippen molar-refractivity contribution < 1.29 is 9.21 Å². The monoisotopic (exact) mass is 359 g/mol. The van der Waals surface area contributed by atoms with Crippen molar-refractivity contribution in [2.45, 2.75) is 13.5 Å². The maximum Gasteiger partial charge on any atom is 0.291 e. The zero-order chi connectivity index (χ0) is 18.6. The van der Waals surface area contributed by atoms with Crippen LogP contribution in [0.5, 0.6) is 0 Å². The lowest BCUT2D eigenvalue weighted by Gasteiger charge is -2.04. The topological polar surface area (TPSA) is 85.8 Å². The van der Waals surface area contributed by atoms with Crippen LogP contribution in [0.4, 0.5) is 0 Å². The molecule has 0 saturated carbocycles. The molecule has 4 aromatic rings. The van der Waals surface area contributed by atoms with Gasteiger partial charge in [-0.1, -0.05) is 12.1 Å². The molecule has 0 unspecified atom stereocenters. The predicted molar refractivity (Wildman–Crippen MR) is 99.2 cm³/mol. The van der Waals surface area contributed by atoms with E-state index in [0.717, 1.165) is 16.8 Å². The lowest BCUT2D eigenvalue weighted by Crippen LogP contribution is -2.24. The Morgan fingerprint density at radius 2 is 2.00 bits per heavy atom. The minimum atomic E-state index is -0.356. The molecule has 0 saturated heterocycles. The largest absolute Gasteiger partial charge is 0.461 e. The Bertz CT molecular complexity index is 1060. The van der Waals surface area contributed by atoms with Gasteiger partial charge in [-0.2, -0.15) is 4.98 Å². The lowest BCUT2D eigenvalue weighted by molar-refractivity contribution is 0.0940. The number of carbonyl (C=O) groups excluding carboxylic acids is 1. The fraction of sp³-hybridized carbons (Fsp3) is 0.100. The van der Waals surface area contributed by atoms with Crippen LogP contribution >= 0.6 is 0 Å². The van der Waals surface area contributed by atoms with Crippen LogP contribution in [-0.4, -0.2) is 25.7 Å². The molecule has 1 N–H and O–H groups in total. The number of hydrogen-bond acceptors (Lipinski definition) is 5. The molecule has 1 amide bonds. The zero-order valence-corrected chi connectivity index (χ0v) is 14.7. The second-order valence-electron chi connectivity index (χ2n) is 6.03. The lowest BCUT2D eigenvalue weighted by atomic mass is 10.2. The third-order valence-corrected chi connectivity index (χ3v) is 4.00. The van der Waals surface area contributed by atoms with Crippen molar-refractivity contribution in [3.63, 3.8) is 0 Å². The maximum absolute atomic E-state index is 12.6. The molecule has 7 heteroatoms. The highest BCUT2D eigenvalue weighted by atomic mass is 16.3. The Morgan fingerprint density at radius 1 is 1.15 bits per heavy atom. The van der Waals surface area contributed by atoms with Crippen molar-refractivity contribution in [1.82, 2.24) is 25.1 Å². The molecular formula is C20H17N5O2.